The summed E-state index contributed by atoms with van der Waals surface area (Å²) in [6, 6.07) is 8.08. The van der Waals surface area contributed by atoms with Crippen molar-refractivity contribution in [3.63, 3.8) is 0 Å². The third-order valence-electron chi connectivity index (χ3n) is 1.88. The van der Waals surface area contributed by atoms with E-state index in [-0.39, 0.29) is 0 Å². The minimum atomic E-state index is 0.899. The van der Waals surface area contributed by atoms with Crippen LogP contribution in [0.5, 0.6) is 0 Å². The van der Waals surface area contributed by atoms with Crippen LogP contribution < -0.4 is 5.32 Å². The predicted molar refractivity (Wildman–Crippen MR) is 58.1 cm³/mol. The van der Waals surface area contributed by atoms with Gasteiger partial charge in [-0.2, -0.15) is 0 Å². The highest BCUT2D eigenvalue weighted by molar-refractivity contribution is 5.98. The SMILES string of the molecule is C=Cc1ccc(C(=NC)NC)cc1. The lowest BCUT2D eigenvalue weighted by Crippen LogP contribution is -2.19. The molecule has 0 amide bonds. The van der Waals surface area contributed by atoms with E-state index in [0.717, 1.165) is 17.0 Å². The van der Waals surface area contributed by atoms with Crippen LogP contribution in [0.2, 0.25) is 0 Å². The second-order valence-corrected chi connectivity index (χ2v) is 2.65. The van der Waals surface area contributed by atoms with Gasteiger partial charge in [0.05, 0.1) is 0 Å². The Labute approximate surface area is 79.0 Å². The molecule has 0 fully saturated rings. The summed E-state index contributed by atoms with van der Waals surface area (Å²) in [5.41, 5.74) is 2.21. The zero-order chi connectivity index (χ0) is 9.68. The molecule has 0 saturated carbocycles. The minimum absolute atomic E-state index is 0.899. The number of benzene rings is 1. The lowest BCUT2D eigenvalue weighted by Gasteiger charge is -2.04. The highest BCUT2D eigenvalue weighted by atomic mass is 14.9. The first kappa shape index (κ1) is 9.52. The second kappa shape index (κ2) is 4.45. The van der Waals surface area contributed by atoms with Gasteiger partial charge in [0.1, 0.15) is 5.84 Å². The van der Waals surface area contributed by atoms with Crippen LogP contribution >= 0.6 is 0 Å². The molecule has 0 aliphatic rings. The fourth-order valence-electron chi connectivity index (χ4n) is 1.16. The Morgan fingerprint density at radius 1 is 1.38 bits per heavy atom. The zero-order valence-electron chi connectivity index (χ0n) is 8.04. The van der Waals surface area contributed by atoms with Crippen molar-refractivity contribution in [2.45, 2.75) is 0 Å². The van der Waals surface area contributed by atoms with Gasteiger partial charge in [-0.15, -0.1) is 0 Å². The summed E-state index contributed by atoms with van der Waals surface area (Å²) < 4.78 is 0. The van der Waals surface area contributed by atoms with Crippen LogP contribution in [0.3, 0.4) is 0 Å². The molecular formula is C11H14N2. The van der Waals surface area contributed by atoms with Crippen molar-refractivity contribution in [3.05, 3.63) is 42.0 Å². The molecule has 0 radical (unpaired) electrons. The molecule has 13 heavy (non-hydrogen) atoms. The number of nitrogens with one attached hydrogen (secondary N) is 1. The van der Waals surface area contributed by atoms with Crippen molar-refractivity contribution in [1.82, 2.24) is 5.32 Å². The maximum atomic E-state index is 4.11. The van der Waals surface area contributed by atoms with Crippen molar-refractivity contribution >= 4 is 11.9 Å². The van der Waals surface area contributed by atoms with Gasteiger partial charge >= 0.3 is 0 Å². The number of aliphatic imine (C=N–C) groups is 1. The van der Waals surface area contributed by atoms with E-state index in [2.05, 4.69) is 16.9 Å². The number of hydrogen-bond donors (Lipinski definition) is 1. The van der Waals surface area contributed by atoms with Crippen molar-refractivity contribution in [3.8, 4) is 0 Å². The second-order valence-electron chi connectivity index (χ2n) is 2.65. The summed E-state index contributed by atoms with van der Waals surface area (Å²) in [6.07, 6.45) is 1.83. The molecular weight excluding hydrogens is 160 g/mol. The number of nitrogens with zero attached hydrogens (tertiary/aromatic N) is 1. The maximum Gasteiger partial charge on any atom is 0.127 e. The molecule has 1 aromatic carbocycles. The van der Waals surface area contributed by atoms with Gasteiger partial charge in [-0.3, -0.25) is 4.99 Å². The van der Waals surface area contributed by atoms with E-state index in [4.69, 9.17) is 0 Å². The first-order chi connectivity index (χ1) is 6.31. The number of rotatable bonds is 2. The molecule has 1 aromatic rings. The van der Waals surface area contributed by atoms with E-state index in [1.54, 1.807) is 7.05 Å². The van der Waals surface area contributed by atoms with Crippen LogP contribution in [0.15, 0.2) is 35.8 Å². The van der Waals surface area contributed by atoms with Crippen LogP contribution in [0.4, 0.5) is 0 Å². The Balaban J connectivity index is 2.97. The largest absolute Gasteiger partial charge is 0.373 e. The van der Waals surface area contributed by atoms with Crippen LogP contribution in [0, 0.1) is 0 Å². The Morgan fingerprint density at radius 2 is 2.00 bits per heavy atom. The molecule has 0 aromatic heterocycles. The summed E-state index contributed by atoms with van der Waals surface area (Å²) in [5.74, 6) is 0.899. The van der Waals surface area contributed by atoms with Gasteiger partial charge in [0.25, 0.3) is 0 Å². The van der Waals surface area contributed by atoms with E-state index in [1.807, 2.05) is 37.4 Å². The molecule has 1 rings (SSSR count). The molecule has 0 aliphatic carbocycles. The third kappa shape index (κ3) is 2.18. The Morgan fingerprint density at radius 3 is 2.38 bits per heavy atom. The molecule has 1 N–H and O–H groups in total. The van der Waals surface area contributed by atoms with Crippen LogP contribution in [0.25, 0.3) is 6.08 Å². The maximum absolute atomic E-state index is 4.11. The van der Waals surface area contributed by atoms with E-state index >= 15 is 0 Å². The Bertz CT molecular complexity index is 309. The highest BCUT2D eigenvalue weighted by Gasteiger charge is 1.97. The average Bonchev–Trinajstić information content (AvgIpc) is 2.21. The van der Waals surface area contributed by atoms with Gasteiger partial charge in [0.15, 0.2) is 0 Å². The van der Waals surface area contributed by atoms with Gasteiger partial charge in [-0.05, 0) is 5.56 Å². The number of amidine groups is 1. The van der Waals surface area contributed by atoms with Crippen LogP contribution in [-0.4, -0.2) is 19.9 Å². The smallest absolute Gasteiger partial charge is 0.127 e. The molecule has 2 heteroatoms. The summed E-state index contributed by atoms with van der Waals surface area (Å²) in [6.45, 7) is 3.70. The zero-order valence-corrected chi connectivity index (χ0v) is 8.04. The van der Waals surface area contributed by atoms with Crippen LogP contribution in [0.1, 0.15) is 11.1 Å². The van der Waals surface area contributed by atoms with Gasteiger partial charge in [0, 0.05) is 19.7 Å². The minimum Gasteiger partial charge on any atom is -0.373 e. The Kier molecular flexibility index (Phi) is 3.26. The number of hydrogen-bond acceptors (Lipinski definition) is 1. The lowest BCUT2D eigenvalue weighted by molar-refractivity contribution is 1.15. The highest BCUT2D eigenvalue weighted by Crippen LogP contribution is 2.05. The van der Waals surface area contributed by atoms with Crippen molar-refractivity contribution in [2.75, 3.05) is 14.1 Å². The van der Waals surface area contributed by atoms with Crippen LogP contribution in [-0.2, 0) is 0 Å². The van der Waals surface area contributed by atoms with Gasteiger partial charge in [-0.25, -0.2) is 0 Å². The molecule has 2 nitrogen and oxygen atoms in total. The summed E-state index contributed by atoms with van der Waals surface area (Å²) >= 11 is 0. The van der Waals surface area contributed by atoms with Crippen molar-refractivity contribution in [1.29, 1.82) is 0 Å². The van der Waals surface area contributed by atoms with E-state index < -0.39 is 0 Å². The van der Waals surface area contributed by atoms with Crippen molar-refractivity contribution < 1.29 is 0 Å². The standard InChI is InChI=1S/C11H14N2/c1-4-9-5-7-10(8-6-9)11(12-2)13-3/h4-8H,1H2,2-3H3,(H,12,13). The molecule has 0 atom stereocenters. The average molecular weight is 174 g/mol. The molecule has 0 unspecified atom stereocenters. The van der Waals surface area contributed by atoms with Gasteiger partial charge in [0.2, 0.25) is 0 Å². The molecule has 0 spiro atoms. The summed E-state index contributed by atoms with van der Waals surface area (Å²) in [7, 11) is 3.64. The monoisotopic (exact) mass is 174 g/mol. The van der Waals surface area contributed by atoms with E-state index in [1.165, 1.54) is 0 Å². The normalized spacial score (nSPS) is 11.1. The molecule has 0 aliphatic heterocycles. The summed E-state index contributed by atoms with van der Waals surface area (Å²) in [4.78, 5) is 4.11. The lowest BCUT2D eigenvalue weighted by atomic mass is 10.1. The van der Waals surface area contributed by atoms with Gasteiger partial charge in [-0.1, -0.05) is 36.9 Å². The quantitative estimate of drug-likeness (QED) is 0.537. The molecule has 68 valence electrons. The van der Waals surface area contributed by atoms with E-state index in [0.29, 0.717) is 0 Å². The van der Waals surface area contributed by atoms with Gasteiger partial charge < -0.3 is 5.32 Å². The van der Waals surface area contributed by atoms with Crippen molar-refractivity contribution in [2.24, 2.45) is 4.99 Å². The Hall–Kier alpha value is -1.57. The predicted octanol–water partition coefficient (Wildman–Crippen LogP) is 1.93. The summed E-state index contributed by atoms with van der Waals surface area (Å²) in [5, 5.41) is 3.03. The third-order valence-corrected chi connectivity index (χ3v) is 1.88. The van der Waals surface area contributed by atoms with E-state index in [9.17, 15) is 0 Å². The fourth-order valence-corrected chi connectivity index (χ4v) is 1.16. The first-order valence-electron chi connectivity index (χ1n) is 4.19. The molecule has 0 saturated heterocycles. The molecule has 0 bridgehead atoms. The fraction of sp³-hybridized carbons (Fsp3) is 0.182. The molecule has 0 heterocycles. The first-order valence-corrected chi connectivity index (χ1v) is 4.19. The topological polar surface area (TPSA) is 24.4 Å².